The van der Waals surface area contributed by atoms with Gasteiger partial charge in [0.05, 0.1) is 18.3 Å². The molecule has 2 rings (SSSR count). The van der Waals surface area contributed by atoms with Gasteiger partial charge in [-0.3, -0.25) is 4.79 Å². The van der Waals surface area contributed by atoms with E-state index in [-0.39, 0.29) is 18.6 Å². The zero-order chi connectivity index (χ0) is 15.1. The SMILES string of the molecule is COCC(CCO)NC(=O)c1ccc(-n2cnnn2)cc1. The van der Waals surface area contributed by atoms with Crippen LogP contribution in [0.3, 0.4) is 0 Å². The highest BCUT2D eigenvalue weighted by atomic mass is 16.5. The molecular weight excluding hydrogens is 274 g/mol. The van der Waals surface area contributed by atoms with Crippen molar-refractivity contribution in [3.05, 3.63) is 36.2 Å². The molecule has 1 aromatic heterocycles. The maximum atomic E-state index is 12.1. The maximum absolute atomic E-state index is 12.1. The Kier molecular flexibility index (Phi) is 5.35. The second kappa shape index (κ2) is 7.46. The number of hydrogen-bond acceptors (Lipinski definition) is 6. The summed E-state index contributed by atoms with van der Waals surface area (Å²) in [5.41, 5.74) is 1.28. The number of carbonyl (C=O) groups excluding carboxylic acids is 1. The molecule has 21 heavy (non-hydrogen) atoms. The number of hydrogen-bond donors (Lipinski definition) is 2. The van der Waals surface area contributed by atoms with Gasteiger partial charge in [-0.1, -0.05) is 0 Å². The number of methoxy groups -OCH3 is 1. The summed E-state index contributed by atoms with van der Waals surface area (Å²) in [4.78, 5) is 12.1. The standard InChI is InChI=1S/C13H17N5O3/c1-21-8-11(6-7-19)15-13(20)10-2-4-12(5-3-10)18-9-14-16-17-18/h2-5,9,11,19H,6-8H2,1H3,(H,15,20). The fourth-order valence-electron chi connectivity index (χ4n) is 1.87. The molecule has 1 aromatic carbocycles. The maximum Gasteiger partial charge on any atom is 0.251 e. The van der Waals surface area contributed by atoms with E-state index in [4.69, 9.17) is 9.84 Å². The average Bonchev–Trinajstić information content (AvgIpc) is 3.02. The predicted octanol–water partition coefficient (Wildman–Crippen LogP) is -0.211. The van der Waals surface area contributed by atoms with E-state index in [1.165, 1.54) is 11.0 Å². The van der Waals surface area contributed by atoms with Gasteiger partial charge in [0, 0.05) is 19.3 Å². The summed E-state index contributed by atoms with van der Waals surface area (Å²) >= 11 is 0. The molecule has 1 atom stereocenters. The largest absolute Gasteiger partial charge is 0.396 e. The molecule has 1 unspecified atom stereocenters. The van der Waals surface area contributed by atoms with E-state index in [0.29, 0.717) is 18.6 Å². The van der Waals surface area contributed by atoms with Gasteiger partial charge in [-0.15, -0.1) is 5.10 Å². The lowest BCUT2D eigenvalue weighted by Crippen LogP contribution is -2.38. The summed E-state index contributed by atoms with van der Waals surface area (Å²) in [6, 6.07) is 6.67. The number of carbonyl (C=O) groups is 1. The molecule has 8 heteroatoms. The predicted molar refractivity (Wildman–Crippen MR) is 74.0 cm³/mol. The lowest BCUT2D eigenvalue weighted by molar-refractivity contribution is 0.0878. The Balaban J connectivity index is 2.02. The Hall–Kier alpha value is -2.32. The van der Waals surface area contributed by atoms with Crippen molar-refractivity contribution in [1.29, 1.82) is 0 Å². The van der Waals surface area contributed by atoms with Crippen molar-refractivity contribution < 1.29 is 14.6 Å². The van der Waals surface area contributed by atoms with Gasteiger partial charge < -0.3 is 15.2 Å². The van der Waals surface area contributed by atoms with Crippen LogP contribution in [-0.4, -0.2) is 57.6 Å². The summed E-state index contributed by atoms with van der Waals surface area (Å²) < 4.78 is 6.51. The molecule has 0 aliphatic heterocycles. The zero-order valence-electron chi connectivity index (χ0n) is 11.6. The topological polar surface area (TPSA) is 102 Å². The van der Waals surface area contributed by atoms with Crippen LogP contribution in [-0.2, 0) is 4.74 Å². The van der Waals surface area contributed by atoms with Crippen molar-refractivity contribution in [3.63, 3.8) is 0 Å². The summed E-state index contributed by atoms with van der Waals surface area (Å²) in [7, 11) is 1.55. The molecule has 112 valence electrons. The first kappa shape index (κ1) is 15.1. The number of ether oxygens (including phenoxy) is 1. The molecular formula is C13H17N5O3. The van der Waals surface area contributed by atoms with E-state index >= 15 is 0 Å². The van der Waals surface area contributed by atoms with Gasteiger partial charge in [0.15, 0.2) is 0 Å². The van der Waals surface area contributed by atoms with Gasteiger partial charge in [0.25, 0.3) is 5.91 Å². The third-order valence-electron chi connectivity index (χ3n) is 2.92. The molecule has 2 aromatic rings. The van der Waals surface area contributed by atoms with Gasteiger partial charge in [0.1, 0.15) is 6.33 Å². The fraction of sp³-hybridized carbons (Fsp3) is 0.385. The molecule has 1 heterocycles. The van der Waals surface area contributed by atoms with Crippen LogP contribution in [0.5, 0.6) is 0 Å². The summed E-state index contributed by atoms with van der Waals surface area (Å²) in [6.07, 6.45) is 1.92. The lowest BCUT2D eigenvalue weighted by Gasteiger charge is -2.16. The van der Waals surface area contributed by atoms with E-state index in [2.05, 4.69) is 20.8 Å². The van der Waals surface area contributed by atoms with Gasteiger partial charge in [-0.25, -0.2) is 4.68 Å². The number of nitrogens with one attached hydrogen (secondary N) is 1. The van der Waals surface area contributed by atoms with Crippen LogP contribution in [0.2, 0.25) is 0 Å². The molecule has 8 nitrogen and oxygen atoms in total. The van der Waals surface area contributed by atoms with E-state index < -0.39 is 0 Å². The molecule has 2 N–H and O–H groups in total. The average molecular weight is 291 g/mol. The minimum Gasteiger partial charge on any atom is -0.396 e. The minimum atomic E-state index is -0.216. The first-order chi connectivity index (χ1) is 10.2. The number of nitrogens with zero attached hydrogens (tertiary/aromatic N) is 4. The van der Waals surface area contributed by atoms with Crippen LogP contribution in [0.4, 0.5) is 0 Å². The van der Waals surface area contributed by atoms with Crippen LogP contribution in [0.25, 0.3) is 5.69 Å². The summed E-state index contributed by atoms with van der Waals surface area (Å²) in [5.74, 6) is -0.214. The van der Waals surface area contributed by atoms with Crippen LogP contribution >= 0.6 is 0 Å². The smallest absolute Gasteiger partial charge is 0.251 e. The van der Waals surface area contributed by atoms with Crippen LogP contribution in [0.1, 0.15) is 16.8 Å². The van der Waals surface area contributed by atoms with E-state index in [0.717, 1.165) is 5.69 Å². The summed E-state index contributed by atoms with van der Waals surface area (Å²) in [6.45, 7) is 0.349. The van der Waals surface area contributed by atoms with Crippen molar-refractivity contribution in [1.82, 2.24) is 25.5 Å². The molecule has 0 aliphatic rings. The number of amides is 1. The lowest BCUT2D eigenvalue weighted by atomic mass is 10.1. The normalized spacial score (nSPS) is 12.1. The second-order valence-corrected chi connectivity index (χ2v) is 4.44. The molecule has 0 saturated carbocycles. The van der Waals surface area contributed by atoms with Crippen LogP contribution in [0.15, 0.2) is 30.6 Å². The van der Waals surface area contributed by atoms with E-state index in [9.17, 15) is 4.79 Å². The van der Waals surface area contributed by atoms with Gasteiger partial charge in [-0.05, 0) is 41.1 Å². The molecule has 0 saturated heterocycles. The minimum absolute atomic E-state index is 0.00740. The Morgan fingerprint density at radius 1 is 1.43 bits per heavy atom. The first-order valence-electron chi connectivity index (χ1n) is 6.48. The number of aliphatic hydroxyl groups is 1. The van der Waals surface area contributed by atoms with Gasteiger partial charge in [0.2, 0.25) is 0 Å². The third kappa shape index (κ3) is 4.07. The van der Waals surface area contributed by atoms with Crippen LogP contribution in [0, 0.1) is 0 Å². The quantitative estimate of drug-likeness (QED) is 0.732. The highest BCUT2D eigenvalue weighted by Crippen LogP contribution is 2.08. The number of aliphatic hydroxyl groups excluding tert-OH is 1. The Bertz CT molecular complexity index is 550. The highest BCUT2D eigenvalue weighted by Gasteiger charge is 2.13. The molecule has 0 aliphatic carbocycles. The molecule has 0 spiro atoms. The Morgan fingerprint density at radius 3 is 2.76 bits per heavy atom. The number of aromatic nitrogens is 4. The van der Waals surface area contributed by atoms with Crippen molar-refractivity contribution in [2.45, 2.75) is 12.5 Å². The number of tetrazole rings is 1. The molecule has 0 bridgehead atoms. The Morgan fingerprint density at radius 2 is 2.19 bits per heavy atom. The van der Waals surface area contributed by atoms with Gasteiger partial charge in [-0.2, -0.15) is 0 Å². The van der Waals surface area contributed by atoms with Crippen LogP contribution < -0.4 is 5.32 Å². The van der Waals surface area contributed by atoms with E-state index in [1.54, 1.807) is 31.4 Å². The van der Waals surface area contributed by atoms with Crippen molar-refractivity contribution in [2.75, 3.05) is 20.3 Å². The zero-order valence-corrected chi connectivity index (χ0v) is 11.6. The fourth-order valence-corrected chi connectivity index (χ4v) is 1.87. The van der Waals surface area contributed by atoms with Crippen molar-refractivity contribution in [2.24, 2.45) is 0 Å². The number of benzene rings is 1. The monoisotopic (exact) mass is 291 g/mol. The number of rotatable bonds is 7. The Labute approximate surface area is 121 Å². The molecule has 0 fully saturated rings. The van der Waals surface area contributed by atoms with Gasteiger partial charge >= 0.3 is 0 Å². The molecule has 0 radical (unpaired) electrons. The third-order valence-corrected chi connectivity index (χ3v) is 2.92. The second-order valence-electron chi connectivity index (χ2n) is 4.44. The summed E-state index contributed by atoms with van der Waals surface area (Å²) in [5, 5.41) is 22.7. The van der Waals surface area contributed by atoms with Crippen molar-refractivity contribution >= 4 is 5.91 Å². The highest BCUT2D eigenvalue weighted by molar-refractivity contribution is 5.94. The van der Waals surface area contributed by atoms with E-state index in [1.807, 2.05) is 0 Å². The van der Waals surface area contributed by atoms with Crippen molar-refractivity contribution in [3.8, 4) is 5.69 Å². The molecule has 1 amide bonds. The first-order valence-corrected chi connectivity index (χ1v) is 6.48.